The average molecular weight is 303 g/mol. The molecule has 0 radical (unpaired) electrons. The van der Waals surface area contributed by atoms with Crippen molar-refractivity contribution < 1.29 is 9.53 Å². The standard InChI is InChI=1S/C13H16Cl2N2O2/c1-2-19-8-9-3-4-17(7-9)13(18)12-10(14)5-16-6-11(12)15/h5-6,9H,2-4,7-8H2,1H3/t9-/m0/s1. The van der Waals surface area contributed by atoms with E-state index in [1.165, 1.54) is 12.4 Å². The molecule has 104 valence electrons. The first kappa shape index (κ1) is 14.6. The fourth-order valence-electron chi connectivity index (χ4n) is 2.21. The molecular formula is C13H16Cl2N2O2. The van der Waals surface area contributed by atoms with Crippen LogP contribution in [0.4, 0.5) is 0 Å². The second kappa shape index (κ2) is 6.55. The molecule has 2 rings (SSSR count). The van der Waals surface area contributed by atoms with Crippen LogP contribution in [0.2, 0.25) is 10.0 Å². The number of rotatable bonds is 4. The number of nitrogens with zero attached hydrogens (tertiary/aromatic N) is 2. The van der Waals surface area contributed by atoms with E-state index < -0.39 is 0 Å². The molecule has 1 aliphatic rings. The number of ether oxygens (including phenoxy) is 1. The minimum Gasteiger partial charge on any atom is -0.381 e. The molecule has 0 aromatic carbocycles. The monoisotopic (exact) mass is 302 g/mol. The lowest BCUT2D eigenvalue weighted by molar-refractivity contribution is 0.0763. The summed E-state index contributed by atoms with van der Waals surface area (Å²) in [5.74, 6) is 0.264. The van der Waals surface area contributed by atoms with E-state index in [1.54, 1.807) is 4.90 Å². The maximum atomic E-state index is 12.4. The van der Waals surface area contributed by atoms with Crippen molar-refractivity contribution in [3.05, 3.63) is 28.0 Å². The van der Waals surface area contributed by atoms with Gasteiger partial charge in [-0.2, -0.15) is 0 Å². The minimum absolute atomic E-state index is 0.128. The second-order valence-electron chi connectivity index (χ2n) is 4.54. The summed E-state index contributed by atoms with van der Waals surface area (Å²) in [6.45, 7) is 4.76. The van der Waals surface area contributed by atoms with Crippen LogP contribution in [0.15, 0.2) is 12.4 Å². The molecule has 4 nitrogen and oxygen atoms in total. The number of aromatic nitrogens is 1. The van der Waals surface area contributed by atoms with Gasteiger partial charge in [0.2, 0.25) is 0 Å². The molecule has 0 N–H and O–H groups in total. The molecule has 6 heteroatoms. The van der Waals surface area contributed by atoms with Gasteiger partial charge in [0, 0.05) is 38.0 Å². The van der Waals surface area contributed by atoms with Crippen molar-refractivity contribution in [1.82, 2.24) is 9.88 Å². The zero-order valence-corrected chi connectivity index (χ0v) is 12.2. The maximum Gasteiger partial charge on any atom is 0.257 e. The predicted molar refractivity (Wildman–Crippen MR) is 74.8 cm³/mol. The van der Waals surface area contributed by atoms with Crippen molar-refractivity contribution in [2.24, 2.45) is 5.92 Å². The lowest BCUT2D eigenvalue weighted by Crippen LogP contribution is -2.29. The van der Waals surface area contributed by atoms with Crippen molar-refractivity contribution in [3.8, 4) is 0 Å². The molecule has 0 spiro atoms. The first-order valence-corrected chi connectivity index (χ1v) is 7.05. The van der Waals surface area contributed by atoms with E-state index in [-0.39, 0.29) is 5.91 Å². The fourth-order valence-corrected chi connectivity index (χ4v) is 2.74. The van der Waals surface area contributed by atoms with E-state index in [4.69, 9.17) is 27.9 Å². The van der Waals surface area contributed by atoms with Crippen LogP contribution in [0, 0.1) is 5.92 Å². The molecule has 0 unspecified atom stereocenters. The molecule has 1 saturated heterocycles. The number of hydrogen-bond acceptors (Lipinski definition) is 3. The summed E-state index contributed by atoms with van der Waals surface area (Å²) in [4.78, 5) is 18.0. The molecular weight excluding hydrogens is 287 g/mol. The molecule has 2 heterocycles. The summed E-state index contributed by atoms with van der Waals surface area (Å²) < 4.78 is 5.40. The zero-order valence-electron chi connectivity index (χ0n) is 10.7. The average Bonchev–Trinajstić information content (AvgIpc) is 2.84. The van der Waals surface area contributed by atoms with Gasteiger partial charge in [0.15, 0.2) is 0 Å². The van der Waals surface area contributed by atoms with Crippen LogP contribution in [0.3, 0.4) is 0 Å². The van der Waals surface area contributed by atoms with Gasteiger partial charge in [-0.1, -0.05) is 23.2 Å². The van der Waals surface area contributed by atoms with Gasteiger partial charge in [0.05, 0.1) is 22.2 Å². The van der Waals surface area contributed by atoms with Gasteiger partial charge < -0.3 is 9.64 Å². The van der Waals surface area contributed by atoms with E-state index in [1.807, 2.05) is 6.92 Å². The van der Waals surface area contributed by atoms with Gasteiger partial charge in [0.1, 0.15) is 0 Å². The van der Waals surface area contributed by atoms with E-state index in [0.717, 1.165) is 6.42 Å². The number of hydrogen-bond donors (Lipinski definition) is 0. The number of pyridine rings is 1. The fraction of sp³-hybridized carbons (Fsp3) is 0.538. The third kappa shape index (κ3) is 3.38. The van der Waals surface area contributed by atoms with Crippen LogP contribution < -0.4 is 0 Å². The Morgan fingerprint density at radius 2 is 2.16 bits per heavy atom. The minimum atomic E-state index is -0.128. The van der Waals surface area contributed by atoms with E-state index in [2.05, 4.69) is 4.98 Å². The molecule has 1 aromatic heterocycles. The summed E-state index contributed by atoms with van der Waals surface area (Å²) >= 11 is 12.0. The molecule has 1 aliphatic heterocycles. The van der Waals surface area contributed by atoms with Crippen LogP contribution in [-0.2, 0) is 4.74 Å². The third-order valence-corrected chi connectivity index (χ3v) is 3.77. The number of amides is 1. The van der Waals surface area contributed by atoms with Gasteiger partial charge in [0.25, 0.3) is 5.91 Å². The Morgan fingerprint density at radius 1 is 1.47 bits per heavy atom. The summed E-state index contributed by atoms with van der Waals surface area (Å²) in [7, 11) is 0. The Hall–Kier alpha value is -0.840. The van der Waals surface area contributed by atoms with Gasteiger partial charge in [-0.05, 0) is 13.3 Å². The molecule has 0 bridgehead atoms. The zero-order chi connectivity index (χ0) is 13.8. The quantitative estimate of drug-likeness (QED) is 0.859. The highest BCUT2D eigenvalue weighted by Gasteiger charge is 2.29. The van der Waals surface area contributed by atoms with Crippen LogP contribution >= 0.6 is 23.2 Å². The Morgan fingerprint density at radius 3 is 2.79 bits per heavy atom. The lowest BCUT2D eigenvalue weighted by Gasteiger charge is -2.18. The smallest absolute Gasteiger partial charge is 0.257 e. The Labute approximate surface area is 122 Å². The van der Waals surface area contributed by atoms with Crippen molar-refractivity contribution in [2.75, 3.05) is 26.3 Å². The Balaban J connectivity index is 2.05. The summed E-state index contributed by atoms with van der Waals surface area (Å²) in [5, 5.41) is 0.594. The first-order valence-electron chi connectivity index (χ1n) is 6.29. The van der Waals surface area contributed by atoms with Crippen LogP contribution in [0.1, 0.15) is 23.7 Å². The highest BCUT2D eigenvalue weighted by Crippen LogP contribution is 2.27. The van der Waals surface area contributed by atoms with Crippen molar-refractivity contribution in [2.45, 2.75) is 13.3 Å². The predicted octanol–water partition coefficient (Wildman–Crippen LogP) is 2.89. The van der Waals surface area contributed by atoms with Gasteiger partial charge in [-0.15, -0.1) is 0 Å². The van der Waals surface area contributed by atoms with Crippen LogP contribution in [0.25, 0.3) is 0 Å². The van der Waals surface area contributed by atoms with Crippen LogP contribution in [0.5, 0.6) is 0 Å². The maximum absolute atomic E-state index is 12.4. The van der Waals surface area contributed by atoms with Crippen molar-refractivity contribution >= 4 is 29.1 Å². The molecule has 19 heavy (non-hydrogen) atoms. The van der Waals surface area contributed by atoms with Crippen LogP contribution in [-0.4, -0.2) is 42.1 Å². The van der Waals surface area contributed by atoms with E-state index in [9.17, 15) is 4.79 Å². The van der Waals surface area contributed by atoms with Crippen molar-refractivity contribution in [3.63, 3.8) is 0 Å². The van der Waals surface area contributed by atoms with Gasteiger partial charge in [-0.3, -0.25) is 9.78 Å². The summed E-state index contributed by atoms with van der Waals surface area (Å²) in [6, 6.07) is 0. The number of halogens is 2. The number of likely N-dealkylation sites (tertiary alicyclic amines) is 1. The van der Waals surface area contributed by atoms with Crippen molar-refractivity contribution in [1.29, 1.82) is 0 Å². The third-order valence-electron chi connectivity index (χ3n) is 3.20. The lowest BCUT2D eigenvalue weighted by atomic mass is 10.1. The molecule has 0 aliphatic carbocycles. The molecule has 1 atom stereocenters. The second-order valence-corrected chi connectivity index (χ2v) is 5.36. The highest BCUT2D eigenvalue weighted by atomic mass is 35.5. The summed E-state index contributed by atoms with van der Waals surface area (Å²) in [5.41, 5.74) is 0.343. The molecule has 1 fully saturated rings. The number of carbonyl (C=O) groups excluding carboxylic acids is 1. The van der Waals surface area contributed by atoms with Gasteiger partial charge in [-0.25, -0.2) is 0 Å². The Bertz CT molecular complexity index is 448. The highest BCUT2D eigenvalue weighted by molar-refractivity contribution is 6.39. The Kier molecular flexibility index (Phi) is 5.02. The first-order chi connectivity index (χ1) is 9.13. The topological polar surface area (TPSA) is 42.4 Å². The SMILES string of the molecule is CCOC[C@H]1CCN(C(=O)c2c(Cl)cncc2Cl)C1. The molecule has 1 aromatic rings. The normalized spacial score (nSPS) is 18.9. The molecule has 1 amide bonds. The number of carbonyl (C=O) groups is 1. The van der Waals surface area contributed by atoms with Gasteiger partial charge >= 0.3 is 0 Å². The largest absolute Gasteiger partial charge is 0.381 e. The summed E-state index contributed by atoms with van der Waals surface area (Å²) in [6.07, 6.45) is 3.83. The van der Waals surface area contributed by atoms with E-state index in [0.29, 0.717) is 47.8 Å². The molecule has 0 saturated carbocycles. The van der Waals surface area contributed by atoms with E-state index >= 15 is 0 Å².